The van der Waals surface area contributed by atoms with Crippen molar-refractivity contribution in [3.63, 3.8) is 0 Å². The summed E-state index contributed by atoms with van der Waals surface area (Å²) in [5.74, 6) is 1.85. The van der Waals surface area contributed by atoms with Crippen LogP contribution in [0.2, 0.25) is 5.15 Å². The molecule has 3 aliphatic heterocycles. The van der Waals surface area contributed by atoms with E-state index in [0.717, 1.165) is 30.8 Å². The lowest BCUT2D eigenvalue weighted by Crippen LogP contribution is -2.36. The number of morpholine rings is 1. The molecule has 0 saturated carbocycles. The average molecular weight is 508 g/mol. The van der Waals surface area contributed by atoms with E-state index in [1.165, 1.54) is 0 Å². The Labute approximate surface area is 213 Å². The van der Waals surface area contributed by atoms with Crippen LogP contribution in [0.25, 0.3) is 0 Å². The standard InChI is InChI=1S/C26H26ClN5O4/c1-34-18-5-3-15(22(8-18)35-2)11-31-13-20-24(26(31)33)21(10-29-25(20)27)30-23-6-4-16(9-28-23)32-12-19-7-17(32)14-36-19/h3-6,8-10,17,19H,7,11-14H2,1-2H3,(H,28,30)/t17-,19?/m1/s1. The zero-order valence-electron chi connectivity index (χ0n) is 20.0. The molecule has 2 aromatic heterocycles. The molecule has 186 valence electrons. The summed E-state index contributed by atoms with van der Waals surface area (Å²) in [5, 5.41) is 3.59. The van der Waals surface area contributed by atoms with E-state index in [1.807, 2.05) is 30.5 Å². The lowest BCUT2D eigenvalue weighted by molar-refractivity contribution is 0.0766. The van der Waals surface area contributed by atoms with Gasteiger partial charge in [-0.2, -0.15) is 0 Å². The van der Waals surface area contributed by atoms with Crippen LogP contribution in [0.1, 0.15) is 27.9 Å². The number of nitrogens with one attached hydrogen (secondary N) is 1. The van der Waals surface area contributed by atoms with Crippen LogP contribution in [0.3, 0.4) is 0 Å². The molecule has 0 spiro atoms. The van der Waals surface area contributed by atoms with E-state index in [0.29, 0.717) is 64.5 Å². The third kappa shape index (κ3) is 3.98. The van der Waals surface area contributed by atoms with E-state index in [-0.39, 0.29) is 5.91 Å². The first-order valence-electron chi connectivity index (χ1n) is 11.8. The van der Waals surface area contributed by atoms with Crippen molar-refractivity contribution in [1.82, 2.24) is 14.9 Å². The van der Waals surface area contributed by atoms with Gasteiger partial charge < -0.3 is 29.3 Å². The molecular weight excluding hydrogens is 482 g/mol. The SMILES string of the molecule is COc1ccc(CN2Cc3c(Cl)ncc(Nc4ccc(N5CC6C[C@@H]5CO6)cn4)c3C2=O)c(OC)c1. The molecule has 1 N–H and O–H groups in total. The Morgan fingerprint density at radius 3 is 2.75 bits per heavy atom. The van der Waals surface area contributed by atoms with Gasteiger partial charge >= 0.3 is 0 Å². The predicted molar refractivity (Wildman–Crippen MR) is 135 cm³/mol. The van der Waals surface area contributed by atoms with Gasteiger partial charge in [0.1, 0.15) is 22.5 Å². The highest BCUT2D eigenvalue weighted by atomic mass is 35.5. The fraction of sp³-hybridized carbons (Fsp3) is 0.346. The number of anilines is 3. The molecule has 5 heterocycles. The number of rotatable bonds is 7. The quantitative estimate of drug-likeness (QED) is 0.480. The number of benzene rings is 1. The topological polar surface area (TPSA) is 89.0 Å². The number of hydrogen-bond donors (Lipinski definition) is 1. The highest BCUT2D eigenvalue weighted by Crippen LogP contribution is 2.37. The van der Waals surface area contributed by atoms with E-state index in [4.69, 9.17) is 25.8 Å². The molecule has 0 radical (unpaired) electrons. The Bertz CT molecular complexity index is 1320. The van der Waals surface area contributed by atoms with E-state index in [2.05, 4.69) is 20.2 Å². The highest BCUT2D eigenvalue weighted by Gasteiger charge is 2.39. The van der Waals surface area contributed by atoms with Gasteiger partial charge in [-0.1, -0.05) is 11.6 Å². The summed E-state index contributed by atoms with van der Waals surface area (Å²) in [6.07, 6.45) is 4.84. The van der Waals surface area contributed by atoms with Gasteiger partial charge in [-0.3, -0.25) is 4.79 Å². The summed E-state index contributed by atoms with van der Waals surface area (Å²) in [4.78, 5) is 26.5. The minimum atomic E-state index is -0.126. The number of hydrogen-bond acceptors (Lipinski definition) is 8. The maximum Gasteiger partial charge on any atom is 0.257 e. The molecule has 2 bridgehead atoms. The predicted octanol–water partition coefficient (Wildman–Crippen LogP) is 4.02. The fourth-order valence-electron chi connectivity index (χ4n) is 5.23. The number of carbonyl (C=O) groups is 1. The van der Waals surface area contributed by atoms with E-state index < -0.39 is 0 Å². The first kappa shape index (κ1) is 22.9. The third-order valence-corrected chi connectivity index (χ3v) is 7.40. The first-order chi connectivity index (χ1) is 17.5. The number of pyridine rings is 2. The summed E-state index contributed by atoms with van der Waals surface area (Å²) in [5.41, 5.74) is 3.74. The lowest BCUT2D eigenvalue weighted by Gasteiger charge is -2.28. The van der Waals surface area contributed by atoms with E-state index in [9.17, 15) is 4.79 Å². The zero-order valence-corrected chi connectivity index (χ0v) is 20.8. The molecule has 9 nitrogen and oxygen atoms in total. The second kappa shape index (κ2) is 9.15. The monoisotopic (exact) mass is 507 g/mol. The molecule has 6 rings (SSSR count). The van der Waals surface area contributed by atoms with Gasteiger partial charge in [-0.25, -0.2) is 9.97 Å². The minimum Gasteiger partial charge on any atom is -0.497 e. The fourth-order valence-corrected chi connectivity index (χ4v) is 5.44. The maximum atomic E-state index is 13.5. The Morgan fingerprint density at radius 2 is 2.06 bits per heavy atom. The summed E-state index contributed by atoms with van der Waals surface area (Å²) >= 11 is 6.41. The number of amides is 1. The van der Waals surface area contributed by atoms with E-state index in [1.54, 1.807) is 31.4 Å². The lowest BCUT2D eigenvalue weighted by atomic mass is 10.1. The minimum absolute atomic E-state index is 0.126. The number of halogens is 1. The van der Waals surface area contributed by atoms with Gasteiger partial charge in [0, 0.05) is 30.3 Å². The highest BCUT2D eigenvalue weighted by molar-refractivity contribution is 6.31. The van der Waals surface area contributed by atoms with Crippen LogP contribution in [0, 0.1) is 0 Å². The largest absolute Gasteiger partial charge is 0.497 e. The van der Waals surface area contributed by atoms with Crippen molar-refractivity contribution in [3.05, 3.63) is 64.6 Å². The molecular formula is C26H26ClN5O4. The Balaban J connectivity index is 1.22. The molecule has 2 atom stereocenters. The van der Waals surface area contributed by atoms with Gasteiger partial charge in [0.2, 0.25) is 0 Å². The number of carbonyl (C=O) groups excluding carboxylic acids is 1. The van der Waals surface area contributed by atoms with Crippen LogP contribution in [0.4, 0.5) is 17.2 Å². The molecule has 2 fully saturated rings. The van der Waals surface area contributed by atoms with Crippen molar-refractivity contribution in [2.45, 2.75) is 31.7 Å². The zero-order chi connectivity index (χ0) is 24.8. The second-order valence-corrected chi connectivity index (χ2v) is 9.54. The van der Waals surface area contributed by atoms with Crippen molar-refractivity contribution in [1.29, 1.82) is 0 Å². The molecule has 10 heteroatoms. The van der Waals surface area contributed by atoms with Crippen molar-refractivity contribution in [2.75, 3.05) is 37.6 Å². The van der Waals surface area contributed by atoms with Crippen LogP contribution >= 0.6 is 11.6 Å². The Morgan fingerprint density at radius 1 is 1.17 bits per heavy atom. The molecule has 0 aliphatic carbocycles. The third-order valence-electron chi connectivity index (χ3n) is 7.08. The molecule has 1 aromatic carbocycles. The van der Waals surface area contributed by atoms with Gasteiger partial charge in [-0.05, 0) is 30.7 Å². The second-order valence-electron chi connectivity index (χ2n) is 9.18. The summed E-state index contributed by atoms with van der Waals surface area (Å²) < 4.78 is 16.5. The van der Waals surface area contributed by atoms with Crippen LogP contribution in [-0.2, 0) is 17.8 Å². The molecule has 3 aliphatic rings. The molecule has 1 unspecified atom stereocenters. The Hall–Kier alpha value is -3.56. The smallest absolute Gasteiger partial charge is 0.257 e. The van der Waals surface area contributed by atoms with Crippen molar-refractivity contribution in [3.8, 4) is 11.5 Å². The van der Waals surface area contributed by atoms with Crippen molar-refractivity contribution in [2.24, 2.45) is 0 Å². The van der Waals surface area contributed by atoms with Gasteiger partial charge in [0.15, 0.2) is 0 Å². The number of aromatic nitrogens is 2. The van der Waals surface area contributed by atoms with Crippen LogP contribution in [0.15, 0.2) is 42.7 Å². The molecule has 1 amide bonds. The number of ether oxygens (including phenoxy) is 3. The Kier molecular flexibility index (Phi) is 5.81. The van der Waals surface area contributed by atoms with Crippen LogP contribution in [0.5, 0.6) is 11.5 Å². The summed E-state index contributed by atoms with van der Waals surface area (Å²) in [7, 11) is 3.20. The van der Waals surface area contributed by atoms with Crippen molar-refractivity contribution < 1.29 is 19.0 Å². The first-order valence-corrected chi connectivity index (χ1v) is 12.2. The van der Waals surface area contributed by atoms with Gasteiger partial charge in [-0.15, -0.1) is 0 Å². The number of nitrogens with zero attached hydrogens (tertiary/aromatic N) is 4. The summed E-state index contributed by atoms with van der Waals surface area (Å²) in [6.45, 7) is 2.40. The average Bonchev–Trinajstić information content (AvgIpc) is 3.62. The van der Waals surface area contributed by atoms with Gasteiger partial charge in [0.25, 0.3) is 5.91 Å². The summed E-state index contributed by atoms with van der Waals surface area (Å²) in [6, 6.07) is 9.94. The van der Waals surface area contributed by atoms with Gasteiger partial charge in [0.05, 0.1) is 68.8 Å². The normalized spacial score (nSPS) is 20.1. The molecule has 36 heavy (non-hydrogen) atoms. The number of fused-ring (bicyclic) bond motifs is 3. The van der Waals surface area contributed by atoms with Crippen LogP contribution < -0.4 is 19.7 Å². The molecule has 2 saturated heterocycles. The number of methoxy groups -OCH3 is 2. The van der Waals surface area contributed by atoms with Crippen LogP contribution in [-0.4, -0.2) is 60.3 Å². The molecule has 3 aromatic rings. The maximum absolute atomic E-state index is 13.5. The van der Waals surface area contributed by atoms with E-state index >= 15 is 0 Å². The van der Waals surface area contributed by atoms with Crippen molar-refractivity contribution >= 4 is 34.7 Å².